The number of anilines is 2. The van der Waals surface area contributed by atoms with Gasteiger partial charge in [0.2, 0.25) is 0 Å². The molecule has 2 aromatic carbocycles. The molecule has 1 N–H and O–H groups in total. The van der Waals surface area contributed by atoms with E-state index in [0.29, 0.717) is 18.0 Å². The second-order valence-electron chi connectivity index (χ2n) is 4.28. The quantitative estimate of drug-likeness (QED) is 0.765. The molecule has 0 bridgehead atoms. The van der Waals surface area contributed by atoms with Gasteiger partial charge in [0.25, 0.3) is 0 Å². The summed E-state index contributed by atoms with van der Waals surface area (Å²) in [6, 6.07) is 10.8. The molecule has 0 aromatic heterocycles. The summed E-state index contributed by atoms with van der Waals surface area (Å²) in [7, 11) is 0. The highest BCUT2D eigenvalue weighted by Gasteiger charge is 2.31. The SMILES string of the molecule is FC(F)(F)c1ccc2c(c1)Nc1ccccc1CO2. The molecule has 3 rings (SSSR count). The molecule has 98 valence electrons. The minimum atomic E-state index is -4.36. The lowest BCUT2D eigenvalue weighted by Crippen LogP contribution is -2.05. The Labute approximate surface area is 107 Å². The van der Waals surface area contributed by atoms with Gasteiger partial charge in [0, 0.05) is 11.3 Å². The fourth-order valence-corrected chi connectivity index (χ4v) is 2.00. The van der Waals surface area contributed by atoms with E-state index in [1.807, 2.05) is 24.3 Å². The summed E-state index contributed by atoms with van der Waals surface area (Å²) in [5.41, 5.74) is 1.31. The first-order valence-electron chi connectivity index (χ1n) is 5.73. The average molecular weight is 265 g/mol. The number of halogens is 3. The number of benzene rings is 2. The first-order chi connectivity index (χ1) is 9.04. The van der Waals surface area contributed by atoms with Gasteiger partial charge in [0.05, 0.1) is 11.3 Å². The molecule has 1 heterocycles. The van der Waals surface area contributed by atoms with Crippen LogP contribution in [-0.4, -0.2) is 0 Å². The minimum Gasteiger partial charge on any atom is -0.487 e. The summed E-state index contributed by atoms with van der Waals surface area (Å²) in [4.78, 5) is 0. The third-order valence-corrected chi connectivity index (χ3v) is 2.98. The predicted molar refractivity (Wildman–Crippen MR) is 65.5 cm³/mol. The van der Waals surface area contributed by atoms with Crippen LogP contribution in [0.4, 0.5) is 24.5 Å². The van der Waals surface area contributed by atoms with E-state index >= 15 is 0 Å². The lowest BCUT2D eigenvalue weighted by Gasteiger charge is -2.12. The zero-order valence-corrected chi connectivity index (χ0v) is 9.79. The maximum absolute atomic E-state index is 12.7. The molecule has 2 nitrogen and oxygen atoms in total. The Morgan fingerprint density at radius 1 is 1.00 bits per heavy atom. The second-order valence-corrected chi connectivity index (χ2v) is 4.28. The van der Waals surface area contributed by atoms with Crippen LogP contribution in [0.25, 0.3) is 0 Å². The van der Waals surface area contributed by atoms with Gasteiger partial charge in [0.15, 0.2) is 0 Å². The van der Waals surface area contributed by atoms with Crippen LogP contribution >= 0.6 is 0 Å². The van der Waals surface area contributed by atoms with Gasteiger partial charge in [0.1, 0.15) is 12.4 Å². The number of nitrogens with one attached hydrogen (secondary N) is 1. The molecular weight excluding hydrogens is 255 g/mol. The van der Waals surface area contributed by atoms with Crippen molar-refractivity contribution < 1.29 is 17.9 Å². The Bertz CT molecular complexity index is 622. The summed E-state index contributed by atoms with van der Waals surface area (Å²) in [6.07, 6.45) is -4.36. The van der Waals surface area contributed by atoms with E-state index in [1.165, 1.54) is 6.07 Å². The fraction of sp³-hybridized carbons (Fsp3) is 0.143. The van der Waals surface area contributed by atoms with E-state index in [4.69, 9.17) is 4.74 Å². The maximum Gasteiger partial charge on any atom is 0.416 e. The molecule has 0 saturated heterocycles. The van der Waals surface area contributed by atoms with E-state index in [0.717, 1.165) is 23.4 Å². The number of hydrogen-bond acceptors (Lipinski definition) is 2. The molecule has 2 aromatic rings. The number of alkyl halides is 3. The van der Waals surface area contributed by atoms with Gasteiger partial charge in [-0.3, -0.25) is 0 Å². The minimum absolute atomic E-state index is 0.333. The Balaban J connectivity index is 2.05. The van der Waals surface area contributed by atoms with Crippen molar-refractivity contribution in [3.8, 4) is 5.75 Å². The van der Waals surface area contributed by atoms with Crippen LogP contribution in [0.15, 0.2) is 42.5 Å². The van der Waals surface area contributed by atoms with Gasteiger partial charge in [-0.25, -0.2) is 0 Å². The highest BCUT2D eigenvalue weighted by molar-refractivity contribution is 5.70. The molecule has 0 aliphatic carbocycles. The monoisotopic (exact) mass is 265 g/mol. The topological polar surface area (TPSA) is 21.3 Å². The molecule has 0 atom stereocenters. The van der Waals surface area contributed by atoms with Crippen molar-refractivity contribution in [3.05, 3.63) is 53.6 Å². The molecule has 0 saturated carbocycles. The first-order valence-corrected chi connectivity index (χ1v) is 5.73. The van der Waals surface area contributed by atoms with Crippen LogP contribution < -0.4 is 10.1 Å². The number of fused-ring (bicyclic) bond motifs is 2. The first kappa shape index (κ1) is 11.9. The molecule has 1 aliphatic heterocycles. The standard InChI is InChI=1S/C14H10F3NO/c15-14(16,17)10-5-6-13-12(7-10)18-11-4-2-1-3-9(11)8-19-13/h1-7,18H,8H2. The third-order valence-electron chi connectivity index (χ3n) is 2.98. The average Bonchev–Trinajstić information content (AvgIpc) is 2.55. The van der Waals surface area contributed by atoms with E-state index < -0.39 is 11.7 Å². The summed E-state index contributed by atoms with van der Waals surface area (Å²) in [5.74, 6) is 0.421. The van der Waals surface area contributed by atoms with E-state index in [1.54, 1.807) is 0 Å². The van der Waals surface area contributed by atoms with Crippen molar-refractivity contribution in [3.63, 3.8) is 0 Å². The van der Waals surface area contributed by atoms with Crippen molar-refractivity contribution in [2.75, 3.05) is 5.32 Å². The predicted octanol–water partition coefficient (Wildman–Crippen LogP) is 4.34. The molecule has 0 radical (unpaired) electrons. The van der Waals surface area contributed by atoms with E-state index in [9.17, 15) is 13.2 Å². The van der Waals surface area contributed by atoms with Crippen LogP contribution in [0.1, 0.15) is 11.1 Å². The lowest BCUT2D eigenvalue weighted by molar-refractivity contribution is -0.137. The molecule has 0 amide bonds. The number of hydrogen-bond donors (Lipinski definition) is 1. The number of para-hydroxylation sites is 1. The Hall–Kier alpha value is -2.17. The van der Waals surface area contributed by atoms with Crippen LogP contribution in [0.2, 0.25) is 0 Å². The van der Waals surface area contributed by atoms with Gasteiger partial charge in [-0.05, 0) is 24.3 Å². The van der Waals surface area contributed by atoms with Gasteiger partial charge in [-0.1, -0.05) is 18.2 Å². The third kappa shape index (κ3) is 2.23. The molecule has 19 heavy (non-hydrogen) atoms. The van der Waals surface area contributed by atoms with Gasteiger partial charge >= 0.3 is 6.18 Å². The van der Waals surface area contributed by atoms with E-state index in [2.05, 4.69) is 5.32 Å². The van der Waals surface area contributed by atoms with Gasteiger partial charge < -0.3 is 10.1 Å². The molecule has 0 fully saturated rings. The lowest BCUT2D eigenvalue weighted by atomic mass is 10.1. The van der Waals surface area contributed by atoms with Crippen LogP contribution in [0.3, 0.4) is 0 Å². The summed E-state index contributed by atoms with van der Waals surface area (Å²) in [5, 5.41) is 2.99. The molecule has 5 heteroatoms. The Morgan fingerprint density at radius 2 is 1.79 bits per heavy atom. The second kappa shape index (κ2) is 4.19. The fourth-order valence-electron chi connectivity index (χ4n) is 2.00. The van der Waals surface area contributed by atoms with Crippen molar-refractivity contribution in [2.24, 2.45) is 0 Å². The molecular formula is C14H10F3NO. The zero-order chi connectivity index (χ0) is 13.5. The highest BCUT2D eigenvalue weighted by Crippen LogP contribution is 2.38. The van der Waals surface area contributed by atoms with Crippen LogP contribution in [0, 0.1) is 0 Å². The highest BCUT2D eigenvalue weighted by atomic mass is 19.4. The number of rotatable bonds is 0. The maximum atomic E-state index is 12.7. The molecule has 0 spiro atoms. The van der Waals surface area contributed by atoms with Crippen LogP contribution in [-0.2, 0) is 12.8 Å². The van der Waals surface area contributed by atoms with Crippen molar-refractivity contribution >= 4 is 11.4 Å². The van der Waals surface area contributed by atoms with Crippen molar-refractivity contribution in [1.29, 1.82) is 0 Å². The zero-order valence-electron chi connectivity index (χ0n) is 9.79. The largest absolute Gasteiger partial charge is 0.487 e. The van der Waals surface area contributed by atoms with Crippen molar-refractivity contribution in [2.45, 2.75) is 12.8 Å². The van der Waals surface area contributed by atoms with E-state index in [-0.39, 0.29) is 0 Å². The van der Waals surface area contributed by atoms with Gasteiger partial charge in [-0.15, -0.1) is 0 Å². The molecule has 1 aliphatic rings. The normalized spacial score (nSPS) is 13.6. The smallest absolute Gasteiger partial charge is 0.416 e. The van der Waals surface area contributed by atoms with Crippen molar-refractivity contribution in [1.82, 2.24) is 0 Å². The Morgan fingerprint density at radius 3 is 2.58 bits per heavy atom. The number of ether oxygens (including phenoxy) is 1. The summed E-state index contributed by atoms with van der Waals surface area (Å²) < 4.78 is 43.6. The molecule has 0 unspecified atom stereocenters. The summed E-state index contributed by atoms with van der Waals surface area (Å²) in [6.45, 7) is 0.335. The van der Waals surface area contributed by atoms with Gasteiger partial charge in [-0.2, -0.15) is 13.2 Å². The summed E-state index contributed by atoms with van der Waals surface area (Å²) >= 11 is 0. The Kier molecular flexibility index (Phi) is 2.62. The van der Waals surface area contributed by atoms with Crippen LogP contribution in [0.5, 0.6) is 5.75 Å².